The Kier molecular flexibility index (Phi) is 6.30. The number of carbonyl (C=O) groups is 1. The first-order valence-corrected chi connectivity index (χ1v) is 8.18. The van der Waals surface area contributed by atoms with Gasteiger partial charge in [-0.3, -0.25) is 4.79 Å². The Labute approximate surface area is 148 Å². The molecule has 0 fully saturated rings. The topological polar surface area (TPSA) is 47.6 Å². The molecule has 0 bridgehead atoms. The van der Waals surface area contributed by atoms with Crippen molar-refractivity contribution >= 4 is 33.4 Å². The first-order chi connectivity index (χ1) is 11.0. The van der Waals surface area contributed by atoms with Gasteiger partial charge in [0, 0.05) is 5.02 Å². The summed E-state index contributed by atoms with van der Waals surface area (Å²) >= 11 is 9.21. The molecule has 23 heavy (non-hydrogen) atoms. The van der Waals surface area contributed by atoms with E-state index in [0.29, 0.717) is 15.2 Å². The molecular weight excluding hydrogens is 382 g/mol. The molecule has 122 valence electrons. The molecular formula is C17H17BrClNO3. The lowest BCUT2D eigenvalue weighted by atomic mass is 10.1. The van der Waals surface area contributed by atoms with Crippen molar-refractivity contribution in [1.82, 2.24) is 5.32 Å². The monoisotopic (exact) mass is 397 g/mol. The highest BCUT2D eigenvalue weighted by Gasteiger charge is 2.11. The summed E-state index contributed by atoms with van der Waals surface area (Å²) in [6, 6.07) is 12.6. The average Bonchev–Trinajstić information content (AvgIpc) is 2.54. The van der Waals surface area contributed by atoms with Gasteiger partial charge < -0.3 is 14.8 Å². The number of ether oxygens (including phenoxy) is 2. The molecule has 1 N–H and O–H groups in total. The van der Waals surface area contributed by atoms with E-state index in [2.05, 4.69) is 21.2 Å². The third-order valence-corrected chi connectivity index (χ3v) is 4.10. The maximum absolute atomic E-state index is 12.0. The molecule has 2 rings (SSSR count). The van der Waals surface area contributed by atoms with Crippen molar-refractivity contribution in [2.24, 2.45) is 0 Å². The van der Waals surface area contributed by atoms with Crippen LogP contribution in [0, 0.1) is 0 Å². The summed E-state index contributed by atoms with van der Waals surface area (Å²) < 4.78 is 11.3. The number of nitrogens with one attached hydrogen (secondary N) is 1. The molecule has 0 spiro atoms. The van der Waals surface area contributed by atoms with Crippen molar-refractivity contribution in [3.05, 3.63) is 57.5 Å². The predicted octanol–water partition coefficient (Wildman–Crippen LogP) is 4.37. The van der Waals surface area contributed by atoms with Crippen LogP contribution in [0.5, 0.6) is 11.5 Å². The number of benzene rings is 2. The number of halogens is 2. The van der Waals surface area contributed by atoms with E-state index in [0.717, 1.165) is 11.3 Å². The van der Waals surface area contributed by atoms with Crippen LogP contribution < -0.4 is 14.8 Å². The molecule has 1 amide bonds. The molecule has 2 aromatic carbocycles. The van der Waals surface area contributed by atoms with Gasteiger partial charge in [-0.2, -0.15) is 0 Å². The second-order valence-corrected chi connectivity index (χ2v) is 6.22. The van der Waals surface area contributed by atoms with E-state index in [1.165, 1.54) is 0 Å². The lowest BCUT2D eigenvalue weighted by Gasteiger charge is -2.15. The zero-order valence-corrected chi connectivity index (χ0v) is 15.1. The summed E-state index contributed by atoms with van der Waals surface area (Å²) in [5, 5.41) is 3.49. The Bertz CT molecular complexity index is 676. The van der Waals surface area contributed by atoms with Gasteiger partial charge in [0.05, 0.1) is 17.6 Å². The normalized spacial score (nSPS) is 11.7. The number of hydrogen-bond donors (Lipinski definition) is 1. The summed E-state index contributed by atoms with van der Waals surface area (Å²) in [6.07, 6.45) is 0. The van der Waals surface area contributed by atoms with Crippen LogP contribution in [0.1, 0.15) is 18.5 Å². The molecule has 4 nitrogen and oxygen atoms in total. The van der Waals surface area contributed by atoms with E-state index in [9.17, 15) is 4.79 Å². The largest absolute Gasteiger partial charge is 0.497 e. The quantitative estimate of drug-likeness (QED) is 0.786. The first-order valence-electron chi connectivity index (χ1n) is 7.00. The van der Waals surface area contributed by atoms with Crippen molar-refractivity contribution in [2.75, 3.05) is 13.7 Å². The van der Waals surface area contributed by atoms with Gasteiger partial charge in [-0.25, -0.2) is 0 Å². The van der Waals surface area contributed by atoms with Gasteiger partial charge in [-0.1, -0.05) is 23.7 Å². The molecule has 0 saturated carbocycles. The van der Waals surface area contributed by atoms with E-state index >= 15 is 0 Å². The van der Waals surface area contributed by atoms with E-state index in [1.807, 2.05) is 31.2 Å². The molecule has 0 aliphatic heterocycles. The van der Waals surface area contributed by atoms with Crippen LogP contribution >= 0.6 is 27.5 Å². The average molecular weight is 399 g/mol. The SMILES string of the molecule is COc1ccc([C@@H](C)NC(=O)COc2ccc(Cl)cc2Br)cc1. The fourth-order valence-corrected chi connectivity index (χ4v) is 2.79. The van der Waals surface area contributed by atoms with E-state index in [4.69, 9.17) is 21.1 Å². The summed E-state index contributed by atoms with van der Waals surface area (Å²) in [7, 11) is 1.62. The smallest absolute Gasteiger partial charge is 0.258 e. The highest BCUT2D eigenvalue weighted by molar-refractivity contribution is 9.10. The lowest BCUT2D eigenvalue weighted by Crippen LogP contribution is -2.31. The molecule has 0 saturated heterocycles. The minimum absolute atomic E-state index is 0.0687. The molecule has 0 heterocycles. The van der Waals surface area contributed by atoms with Crippen LogP contribution in [0.15, 0.2) is 46.9 Å². The van der Waals surface area contributed by atoms with Crippen molar-refractivity contribution in [1.29, 1.82) is 0 Å². The van der Waals surface area contributed by atoms with Gasteiger partial charge in [-0.05, 0) is 58.7 Å². The number of amides is 1. The molecule has 0 aromatic heterocycles. The Hall–Kier alpha value is -1.72. The molecule has 1 atom stereocenters. The van der Waals surface area contributed by atoms with Gasteiger partial charge in [0.15, 0.2) is 6.61 Å². The molecule has 0 aliphatic carbocycles. The van der Waals surface area contributed by atoms with Crippen LogP contribution in [-0.2, 0) is 4.79 Å². The van der Waals surface area contributed by atoms with E-state index in [1.54, 1.807) is 25.3 Å². The van der Waals surface area contributed by atoms with Gasteiger partial charge in [0.25, 0.3) is 5.91 Å². The molecule has 0 unspecified atom stereocenters. The zero-order valence-electron chi connectivity index (χ0n) is 12.8. The number of carbonyl (C=O) groups excluding carboxylic acids is 1. The Morgan fingerprint density at radius 3 is 2.57 bits per heavy atom. The molecule has 6 heteroatoms. The van der Waals surface area contributed by atoms with Crippen molar-refractivity contribution in [2.45, 2.75) is 13.0 Å². The summed E-state index contributed by atoms with van der Waals surface area (Å²) in [4.78, 5) is 12.0. The van der Waals surface area contributed by atoms with Crippen LogP contribution in [0.3, 0.4) is 0 Å². The first kappa shape index (κ1) is 17.6. The van der Waals surface area contributed by atoms with Gasteiger partial charge in [0.1, 0.15) is 11.5 Å². The fourth-order valence-electron chi connectivity index (χ4n) is 1.99. The maximum Gasteiger partial charge on any atom is 0.258 e. The Morgan fingerprint density at radius 1 is 1.26 bits per heavy atom. The van der Waals surface area contributed by atoms with Crippen molar-refractivity contribution < 1.29 is 14.3 Å². The summed E-state index contributed by atoms with van der Waals surface area (Å²) in [6.45, 7) is 1.85. The third kappa shape index (κ3) is 5.15. The standard InChI is InChI=1S/C17H17BrClNO3/c1-11(12-3-6-14(22-2)7-4-12)20-17(21)10-23-16-8-5-13(19)9-15(16)18/h3-9,11H,10H2,1-2H3,(H,20,21)/t11-/m1/s1. The number of rotatable bonds is 6. The van der Waals surface area contributed by atoms with Gasteiger partial charge >= 0.3 is 0 Å². The second-order valence-electron chi connectivity index (χ2n) is 4.93. The van der Waals surface area contributed by atoms with Crippen molar-refractivity contribution in [3.8, 4) is 11.5 Å². The zero-order chi connectivity index (χ0) is 16.8. The Balaban J connectivity index is 1.88. The maximum atomic E-state index is 12.0. The van der Waals surface area contributed by atoms with Crippen LogP contribution in [0.2, 0.25) is 5.02 Å². The third-order valence-electron chi connectivity index (χ3n) is 3.25. The highest BCUT2D eigenvalue weighted by atomic mass is 79.9. The van der Waals surface area contributed by atoms with Crippen LogP contribution in [0.25, 0.3) is 0 Å². The van der Waals surface area contributed by atoms with Crippen molar-refractivity contribution in [3.63, 3.8) is 0 Å². The van der Waals surface area contributed by atoms with Gasteiger partial charge in [-0.15, -0.1) is 0 Å². The van der Waals surface area contributed by atoms with E-state index in [-0.39, 0.29) is 18.6 Å². The summed E-state index contributed by atoms with van der Waals surface area (Å²) in [5.74, 6) is 1.15. The molecule has 0 aliphatic rings. The van der Waals surface area contributed by atoms with E-state index < -0.39 is 0 Å². The highest BCUT2D eigenvalue weighted by Crippen LogP contribution is 2.27. The van der Waals surface area contributed by atoms with Crippen LogP contribution in [0.4, 0.5) is 0 Å². The number of methoxy groups -OCH3 is 1. The fraction of sp³-hybridized carbons (Fsp3) is 0.235. The molecule has 0 radical (unpaired) electrons. The number of hydrogen-bond acceptors (Lipinski definition) is 3. The molecule has 2 aromatic rings. The Morgan fingerprint density at radius 2 is 1.96 bits per heavy atom. The second kappa shape index (κ2) is 8.22. The predicted molar refractivity (Wildman–Crippen MR) is 94.2 cm³/mol. The lowest BCUT2D eigenvalue weighted by molar-refractivity contribution is -0.123. The van der Waals surface area contributed by atoms with Crippen LogP contribution in [-0.4, -0.2) is 19.6 Å². The minimum Gasteiger partial charge on any atom is -0.497 e. The van der Waals surface area contributed by atoms with Gasteiger partial charge in [0.2, 0.25) is 0 Å². The minimum atomic E-state index is -0.199. The summed E-state index contributed by atoms with van der Waals surface area (Å²) in [5.41, 5.74) is 0.992.